The van der Waals surface area contributed by atoms with E-state index in [9.17, 15) is 4.79 Å². The fourth-order valence-corrected chi connectivity index (χ4v) is 3.10. The summed E-state index contributed by atoms with van der Waals surface area (Å²) in [6.45, 7) is 2.85. The number of amides is 1. The van der Waals surface area contributed by atoms with Gasteiger partial charge in [0, 0.05) is 50.8 Å². The van der Waals surface area contributed by atoms with Crippen LogP contribution < -0.4 is 10.5 Å². The standard InChI is InChI=1S/C22H24N3O.H3NO2.Y/c1-2-3-4-15-25(21(26)16-17-10-12-19(23)13-11-17)20-9-5-7-18-8-6-14-24-22(18)20;2-1-3;/h5-14,23H,2-4,15-16H2,1H3;1-3H;/q-1;;. The molecule has 0 fully saturated rings. The zero-order valence-electron chi connectivity index (χ0n) is 17.1. The van der Waals surface area contributed by atoms with Gasteiger partial charge in [-0.3, -0.25) is 20.2 Å². The van der Waals surface area contributed by atoms with Crippen LogP contribution in [0.25, 0.3) is 16.6 Å². The Balaban J connectivity index is 0.00000106. The molecule has 30 heavy (non-hydrogen) atoms. The third-order valence-corrected chi connectivity index (χ3v) is 4.50. The average Bonchev–Trinajstić information content (AvgIpc) is 2.73. The molecule has 0 aliphatic heterocycles. The van der Waals surface area contributed by atoms with Gasteiger partial charge in [-0.1, -0.05) is 67.9 Å². The Kier molecular flexibility index (Phi) is 12.3. The number of unbranched alkanes of at least 4 members (excludes halogenated alkanes) is 2. The molecule has 0 saturated carbocycles. The molecule has 0 aliphatic rings. The van der Waals surface area contributed by atoms with E-state index in [2.05, 4.69) is 11.9 Å². The van der Waals surface area contributed by atoms with E-state index in [-0.39, 0.29) is 38.6 Å². The number of rotatable bonds is 7. The van der Waals surface area contributed by atoms with Crippen LogP contribution in [-0.4, -0.2) is 27.9 Å². The molecule has 3 aromatic rings. The van der Waals surface area contributed by atoms with Crippen LogP contribution in [0.2, 0.25) is 0 Å². The van der Waals surface area contributed by atoms with E-state index in [1.54, 1.807) is 18.3 Å². The van der Waals surface area contributed by atoms with E-state index in [0.717, 1.165) is 47.1 Å². The first-order valence-electron chi connectivity index (χ1n) is 9.58. The normalized spacial score (nSPS) is 9.97. The number of anilines is 1. The predicted molar refractivity (Wildman–Crippen MR) is 114 cm³/mol. The molecule has 0 spiro atoms. The molecule has 0 unspecified atom stereocenters. The number of carbonyl (C=O) groups excluding carboxylic acids is 1. The number of nitrogens with zero attached hydrogens (tertiary/aromatic N) is 2. The Labute approximate surface area is 202 Å². The van der Waals surface area contributed by atoms with Crippen LogP contribution in [-0.2, 0) is 43.9 Å². The van der Waals surface area contributed by atoms with E-state index in [1.807, 2.05) is 47.4 Å². The van der Waals surface area contributed by atoms with Crippen LogP contribution in [0.1, 0.15) is 31.7 Å². The van der Waals surface area contributed by atoms with Gasteiger partial charge in [-0.05, 0) is 24.1 Å². The second-order valence-corrected chi connectivity index (χ2v) is 6.58. The van der Waals surface area contributed by atoms with Gasteiger partial charge in [0.1, 0.15) is 0 Å². The molecule has 1 aromatic heterocycles. The van der Waals surface area contributed by atoms with Crippen molar-refractivity contribution in [2.45, 2.75) is 32.6 Å². The quantitative estimate of drug-likeness (QED) is 0.322. The Bertz CT molecular complexity index is 901. The molecule has 0 saturated heterocycles. The molecule has 4 N–H and O–H groups in total. The van der Waals surface area contributed by atoms with Gasteiger partial charge in [0.05, 0.1) is 17.6 Å². The van der Waals surface area contributed by atoms with Gasteiger partial charge in [-0.15, -0.1) is 5.69 Å². The van der Waals surface area contributed by atoms with Crippen LogP contribution in [0.4, 0.5) is 11.4 Å². The number of hydrogen-bond donors (Lipinski definition) is 3. The Hall–Kier alpha value is -1.90. The molecule has 157 valence electrons. The molecule has 8 heteroatoms. The maximum absolute atomic E-state index is 13.1. The molecular formula is C22H27N4O3Y-. The van der Waals surface area contributed by atoms with Crippen LogP contribution in [0.15, 0.2) is 60.8 Å². The number of hydrogen-bond acceptors (Lipinski definition) is 5. The monoisotopic (exact) mass is 484 g/mol. The molecule has 1 radical (unpaired) electrons. The molecule has 2 aromatic carbocycles. The first kappa shape index (κ1) is 26.1. The Morgan fingerprint density at radius 2 is 1.73 bits per heavy atom. The minimum absolute atomic E-state index is 0. The van der Waals surface area contributed by atoms with E-state index in [1.165, 1.54) is 0 Å². The number of pyridine rings is 1. The maximum Gasteiger partial charge on any atom is 0.231 e. The summed E-state index contributed by atoms with van der Waals surface area (Å²) >= 11 is 0. The summed E-state index contributed by atoms with van der Waals surface area (Å²) in [6.07, 6.45) is 5.27. The molecule has 7 nitrogen and oxygen atoms in total. The van der Waals surface area contributed by atoms with Crippen molar-refractivity contribution in [3.05, 3.63) is 72.1 Å². The van der Waals surface area contributed by atoms with Crippen molar-refractivity contribution in [3.63, 3.8) is 0 Å². The van der Waals surface area contributed by atoms with Crippen molar-refractivity contribution in [2.24, 2.45) is 0 Å². The maximum atomic E-state index is 13.1. The molecule has 0 aliphatic carbocycles. The second kappa shape index (κ2) is 14.2. The van der Waals surface area contributed by atoms with Gasteiger partial charge in [0.2, 0.25) is 5.91 Å². The minimum atomic E-state index is 0. The van der Waals surface area contributed by atoms with E-state index < -0.39 is 0 Å². The van der Waals surface area contributed by atoms with Crippen LogP contribution in [0.5, 0.6) is 0 Å². The smallest absolute Gasteiger partial charge is 0.231 e. The Morgan fingerprint density at radius 3 is 2.40 bits per heavy atom. The summed E-state index contributed by atoms with van der Waals surface area (Å²) in [5, 5.41) is 14.8. The van der Waals surface area contributed by atoms with Crippen molar-refractivity contribution >= 4 is 28.2 Å². The van der Waals surface area contributed by atoms with Crippen LogP contribution >= 0.6 is 0 Å². The molecular weight excluding hydrogens is 457 g/mol. The summed E-state index contributed by atoms with van der Waals surface area (Å²) in [4.78, 5) is 19.5. The van der Waals surface area contributed by atoms with Crippen molar-refractivity contribution in [3.8, 4) is 0 Å². The zero-order chi connectivity index (χ0) is 21.1. The average molecular weight is 484 g/mol. The first-order valence-corrected chi connectivity index (χ1v) is 9.58. The zero-order valence-corrected chi connectivity index (χ0v) is 19.9. The third kappa shape index (κ3) is 7.74. The summed E-state index contributed by atoms with van der Waals surface area (Å²) in [7, 11) is 0. The SMILES string of the molecule is CCCCCN(C(=O)Cc1ccc([NH-])cc1)c1cccc2cccnc12.ONO.[Y]. The minimum Gasteiger partial charge on any atom is -0.699 e. The molecule has 3 rings (SSSR count). The fraction of sp³-hybridized carbons (Fsp3) is 0.273. The van der Waals surface area contributed by atoms with Gasteiger partial charge in [0.15, 0.2) is 0 Å². The topological polar surface area (TPSA) is 109 Å². The van der Waals surface area contributed by atoms with Gasteiger partial charge in [0.25, 0.3) is 0 Å². The third-order valence-electron chi connectivity index (χ3n) is 4.50. The summed E-state index contributed by atoms with van der Waals surface area (Å²) in [5.74, 6) is 0.0667. The van der Waals surface area contributed by atoms with Gasteiger partial charge >= 0.3 is 0 Å². The number of benzene rings is 2. The van der Waals surface area contributed by atoms with Crippen LogP contribution in [0.3, 0.4) is 0 Å². The van der Waals surface area contributed by atoms with Crippen molar-refractivity contribution in [2.75, 3.05) is 11.4 Å². The Morgan fingerprint density at radius 1 is 1.07 bits per heavy atom. The van der Waals surface area contributed by atoms with Gasteiger partial charge in [-0.25, -0.2) is 0 Å². The van der Waals surface area contributed by atoms with Crippen LogP contribution in [0, 0.1) is 0 Å². The van der Waals surface area contributed by atoms with Crippen molar-refractivity contribution in [1.29, 1.82) is 0 Å². The predicted octanol–water partition coefficient (Wildman–Crippen LogP) is 5.04. The van der Waals surface area contributed by atoms with Crippen molar-refractivity contribution in [1.82, 2.24) is 10.6 Å². The number of fused-ring (bicyclic) bond motifs is 1. The number of nitrogens with one attached hydrogen (secondary N) is 2. The van der Waals surface area contributed by atoms with Gasteiger partial charge < -0.3 is 10.6 Å². The number of aromatic nitrogens is 1. The van der Waals surface area contributed by atoms with Gasteiger partial charge in [-0.2, -0.15) is 0 Å². The second-order valence-electron chi connectivity index (χ2n) is 6.58. The van der Waals surface area contributed by atoms with E-state index >= 15 is 0 Å². The number of carbonyl (C=O) groups is 1. The largest absolute Gasteiger partial charge is 0.699 e. The molecule has 0 atom stereocenters. The number of para-hydroxylation sites is 1. The summed E-state index contributed by atoms with van der Waals surface area (Å²) < 4.78 is 0. The van der Waals surface area contributed by atoms with E-state index in [0.29, 0.717) is 18.7 Å². The molecule has 1 heterocycles. The first-order chi connectivity index (χ1) is 14.1. The fourth-order valence-electron chi connectivity index (χ4n) is 3.10. The summed E-state index contributed by atoms with van der Waals surface area (Å²) in [5.41, 5.74) is 11.5. The van der Waals surface area contributed by atoms with E-state index in [4.69, 9.17) is 16.1 Å². The molecule has 1 amide bonds. The summed E-state index contributed by atoms with van der Waals surface area (Å²) in [6, 6.07) is 17.1. The molecule has 0 bridgehead atoms. The van der Waals surface area contributed by atoms with Crippen molar-refractivity contribution < 1.29 is 47.9 Å².